The number of hydrogen-bond acceptors (Lipinski definition) is 3. The maximum atomic E-state index is 14.4. The highest BCUT2D eigenvalue weighted by Gasteiger charge is 2.34. The van der Waals surface area contributed by atoms with Crippen molar-refractivity contribution in [3.8, 4) is 5.75 Å². The van der Waals surface area contributed by atoms with Crippen molar-refractivity contribution in [1.82, 2.24) is 0 Å². The number of aryl methyl sites for hydroxylation is 2. The van der Waals surface area contributed by atoms with E-state index in [-0.39, 0.29) is 36.8 Å². The maximum absolute atomic E-state index is 14.4. The molecule has 1 aliphatic heterocycles. The molecular formula is C23H22F4O4. The van der Waals surface area contributed by atoms with Crippen molar-refractivity contribution < 1.29 is 36.9 Å². The fourth-order valence-electron chi connectivity index (χ4n) is 3.49. The molecule has 2 aromatic carbocycles. The SMILES string of the molecule is Cc1ccc(C2=C(COc3ccc(CCC(=O)O)c(C(F)(F)F)c3)COCC2)c(F)c1. The highest BCUT2D eigenvalue weighted by Crippen LogP contribution is 2.35. The van der Waals surface area contributed by atoms with Crippen molar-refractivity contribution in [2.75, 3.05) is 19.8 Å². The number of alkyl halides is 3. The lowest BCUT2D eigenvalue weighted by molar-refractivity contribution is -0.140. The summed E-state index contributed by atoms with van der Waals surface area (Å²) in [4.78, 5) is 10.7. The predicted octanol–water partition coefficient (Wildman–Crippen LogP) is 5.42. The Hall–Kier alpha value is -2.87. The third kappa shape index (κ3) is 5.85. The van der Waals surface area contributed by atoms with Gasteiger partial charge in [0.05, 0.1) is 18.8 Å². The molecule has 4 nitrogen and oxygen atoms in total. The molecule has 0 aromatic heterocycles. The largest absolute Gasteiger partial charge is 0.489 e. The predicted molar refractivity (Wildman–Crippen MR) is 106 cm³/mol. The number of carboxylic acid groups (broad SMARTS) is 1. The number of hydrogen-bond donors (Lipinski definition) is 1. The van der Waals surface area contributed by atoms with Crippen molar-refractivity contribution in [2.24, 2.45) is 0 Å². The molecule has 2 aromatic rings. The second-order valence-electron chi connectivity index (χ2n) is 7.37. The Morgan fingerprint density at radius 1 is 1.19 bits per heavy atom. The average molecular weight is 438 g/mol. The Morgan fingerprint density at radius 3 is 2.65 bits per heavy atom. The van der Waals surface area contributed by atoms with E-state index in [0.29, 0.717) is 24.2 Å². The van der Waals surface area contributed by atoms with Crippen LogP contribution in [0.1, 0.15) is 35.1 Å². The van der Waals surface area contributed by atoms with Crippen LogP contribution in [0.15, 0.2) is 42.0 Å². The molecule has 1 aliphatic rings. The van der Waals surface area contributed by atoms with Crippen LogP contribution in [0.2, 0.25) is 0 Å². The molecule has 1 heterocycles. The van der Waals surface area contributed by atoms with Crippen LogP contribution in [0.5, 0.6) is 5.75 Å². The van der Waals surface area contributed by atoms with Gasteiger partial charge in [0.2, 0.25) is 0 Å². The quantitative estimate of drug-likeness (QED) is 0.587. The number of carbonyl (C=O) groups is 1. The minimum atomic E-state index is -4.64. The third-order valence-corrected chi connectivity index (χ3v) is 5.06. The van der Waals surface area contributed by atoms with Gasteiger partial charge in [0, 0.05) is 12.0 Å². The second-order valence-corrected chi connectivity index (χ2v) is 7.37. The summed E-state index contributed by atoms with van der Waals surface area (Å²) < 4.78 is 65.8. The molecule has 3 rings (SSSR count). The van der Waals surface area contributed by atoms with E-state index in [0.717, 1.165) is 17.2 Å². The Morgan fingerprint density at radius 2 is 1.97 bits per heavy atom. The van der Waals surface area contributed by atoms with E-state index < -0.39 is 24.1 Å². The summed E-state index contributed by atoms with van der Waals surface area (Å²) in [5.74, 6) is -1.54. The van der Waals surface area contributed by atoms with E-state index in [9.17, 15) is 22.4 Å². The van der Waals surface area contributed by atoms with Gasteiger partial charge >= 0.3 is 12.1 Å². The minimum Gasteiger partial charge on any atom is -0.489 e. The van der Waals surface area contributed by atoms with Crippen LogP contribution >= 0.6 is 0 Å². The minimum absolute atomic E-state index is 0.00629. The zero-order valence-corrected chi connectivity index (χ0v) is 16.9. The molecule has 0 fully saturated rings. The van der Waals surface area contributed by atoms with Gasteiger partial charge in [0.15, 0.2) is 0 Å². The molecule has 31 heavy (non-hydrogen) atoms. The van der Waals surface area contributed by atoms with Crippen LogP contribution in [-0.2, 0) is 22.1 Å². The fourth-order valence-corrected chi connectivity index (χ4v) is 3.49. The van der Waals surface area contributed by atoms with Crippen molar-refractivity contribution in [2.45, 2.75) is 32.4 Å². The first-order valence-corrected chi connectivity index (χ1v) is 9.75. The topological polar surface area (TPSA) is 55.8 Å². The van der Waals surface area contributed by atoms with Crippen molar-refractivity contribution >= 4 is 11.5 Å². The van der Waals surface area contributed by atoms with E-state index in [1.54, 1.807) is 19.1 Å². The van der Waals surface area contributed by atoms with Crippen LogP contribution in [0, 0.1) is 12.7 Å². The van der Waals surface area contributed by atoms with Gasteiger partial charge in [0.25, 0.3) is 0 Å². The monoisotopic (exact) mass is 438 g/mol. The Labute approximate surface area is 177 Å². The average Bonchev–Trinajstić information content (AvgIpc) is 2.70. The molecule has 0 aliphatic carbocycles. The lowest BCUT2D eigenvalue weighted by Crippen LogP contribution is -2.17. The van der Waals surface area contributed by atoms with Gasteiger partial charge in [-0.2, -0.15) is 13.2 Å². The Kier molecular flexibility index (Phi) is 7.00. The normalized spacial score (nSPS) is 14.6. The van der Waals surface area contributed by atoms with Crippen molar-refractivity contribution in [1.29, 1.82) is 0 Å². The number of ether oxygens (including phenoxy) is 2. The third-order valence-electron chi connectivity index (χ3n) is 5.06. The summed E-state index contributed by atoms with van der Waals surface area (Å²) in [7, 11) is 0. The van der Waals surface area contributed by atoms with E-state index in [4.69, 9.17) is 14.6 Å². The zero-order valence-electron chi connectivity index (χ0n) is 16.9. The molecule has 0 unspecified atom stereocenters. The number of carboxylic acids is 1. The van der Waals surface area contributed by atoms with Gasteiger partial charge in [-0.3, -0.25) is 4.79 Å². The maximum Gasteiger partial charge on any atom is 0.416 e. The molecule has 8 heteroatoms. The van der Waals surface area contributed by atoms with Crippen LogP contribution in [0.3, 0.4) is 0 Å². The molecule has 0 saturated carbocycles. The summed E-state index contributed by atoms with van der Waals surface area (Å²) in [6.07, 6.45) is -4.81. The molecule has 0 atom stereocenters. The number of halogens is 4. The van der Waals surface area contributed by atoms with E-state index in [1.807, 2.05) is 0 Å². The van der Waals surface area contributed by atoms with Gasteiger partial charge in [0.1, 0.15) is 18.2 Å². The standard InChI is InChI=1S/C23H22F4O4/c1-14-2-6-19(21(24)10-14)18-8-9-30-12-16(18)13-31-17-5-3-15(4-7-22(28)29)20(11-17)23(25,26)27/h2-3,5-6,10-11H,4,7-9,12-13H2,1H3,(H,28,29). The summed E-state index contributed by atoms with van der Waals surface area (Å²) in [5.41, 5.74) is 1.59. The van der Waals surface area contributed by atoms with Gasteiger partial charge in [-0.25, -0.2) is 4.39 Å². The molecule has 166 valence electrons. The summed E-state index contributed by atoms with van der Waals surface area (Å²) in [6.45, 7) is 2.36. The Bertz CT molecular complexity index is 996. The van der Waals surface area contributed by atoms with Gasteiger partial charge in [-0.15, -0.1) is 0 Å². The summed E-state index contributed by atoms with van der Waals surface area (Å²) in [6, 6.07) is 8.39. The zero-order chi connectivity index (χ0) is 22.6. The first kappa shape index (κ1) is 22.8. The molecule has 0 amide bonds. The van der Waals surface area contributed by atoms with Crippen LogP contribution < -0.4 is 4.74 Å². The molecule has 0 saturated heterocycles. The van der Waals surface area contributed by atoms with E-state index in [1.165, 1.54) is 18.2 Å². The van der Waals surface area contributed by atoms with Crippen LogP contribution in [0.4, 0.5) is 17.6 Å². The van der Waals surface area contributed by atoms with Crippen molar-refractivity contribution in [3.63, 3.8) is 0 Å². The number of benzene rings is 2. The molecule has 1 N–H and O–H groups in total. The highest BCUT2D eigenvalue weighted by atomic mass is 19.4. The smallest absolute Gasteiger partial charge is 0.416 e. The van der Waals surface area contributed by atoms with Gasteiger partial charge in [-0.05, 0) is 60.2 Å². The van der Waals surface area contributed by atoms with Crippen LogP contribution in [0.25, 0.3) is 5.57 Å². The number of rotatable bonds is 7. The van der Waals surface area contributed by atoms with Crippen LogP contribution in [-0.4, -0.2) is 30.9 Å². The lowest BCUT2D eigenvalue weighted by Gasteiger charge is -2.22. The van der Waals surface area contributed by atoms with Gasteiger partial charge < -0.3 is 14.6 Å². The first-order chi connectivity index (χ1) is 14.6. The lowest BCUT2D eigenvalue weighted by atomic mass is 9.95. The Balaban J connectivity index is 1.84. The number of aliphatic carboxylic acids is 1. The summed E-state index contributed by atoms with van der Waals surface area (Å²) in [5, 5.41) is 8.76. The highest BCUT2D eigenvalue weighted by molar-refractivity contribution is 5.70. The molecule has 0 bridgehead atoms. The van der Waals surface area contributed by atoms with Crippen molar-refractivity contribution in [3.05, 3.63) is 70.0 Å². The molecular weight excluding hydrogens is 416 g/mol. The fraction of sp³-hybridized carbons (Fsp3) is 0.348. The summed E-state index contributed by atoms with van der Waals surface area (Å²) >= 11 is 0. The van der Waals surface area contributed by atoms with Gasteiger partial charge in [-0.1, -0.05) is 18.2 Å². The molecule has 0 spiro atoms. The van der Waals surface area contributed by atoms with E-state index in [2.05, 4.69) is 0 Å². The van der Waals surface area contributed by atoms with E-state index >= 15 is 0 Å². The molecule has 0 radical (unpaired) electrons. The first-order valence-electron chi connectivity index (χ1n) is 9.75. The second kappa shape index (κ2) is 9.51.